The summed E-state index contributed by atoms with van der Waals surface area (Å²) in [6.45, 7) is 0. The number of nitrogens with zero attached hydrogens (tertiary/aromatic N) is 3. The second-order valence-electron chi connectivity index (χ2n) is 10.3. The Bertz CT molecular complexity index is 2100. The number of hydrogen-bond acceptors (Lipinski definition) is 7. The van der Waals surface area contributed by atoms with Crippen molar-refractivity contribution in [3.8, 4) is 21.6 Å². The number of pyridine rings is 2. The average molecular weight is 590 g/mol. The summed E-state index contributed by atoms with van der Waals surface area (Å²) in [5.41, 5.74) is 7.27. The topological polar surface area (TPSA) is 118 Å². The van der Waals surface area contributed by atoms with Crippen molar-refractivity contribution in [2.75, 3.05) is 10.6 Å². The Morgan fingerprint density at radius 3 is 2.67 bits per heavy atom. The maximum Gasteiger partial charge on any atom is 0.228 e. The zero-order valence-electron chi connectivity index (χ0n) is 22.3. The summed E-state index contributed by atoms with van der Waals surface area (Å²) in [5.74, 6) is -0.0591. The van der Waals surface area contributed by atoms with Gasteiger partial charge in [0.25, 0.3) is 0 Å². The quantitative estimate of drug-likeness (QED) is 0.169. The minimum absolute atomic E-state index is 0.135. The predicted molar refractivity (Wildman–Crippen MR) is 162 cm³/mol. The van der Waals surface area contributed by atoms with Crippen LogP contribution in [0.5, 0.6) is 0 Å². The number of H-pyrrole nitrogens is 1. The molecule has 11 heteroatoms. The minimum Gasteiger partial charge on any atom is -0.360 e. The van der Waals surface area contributed by atoms with Crippen LogP contribution in [0.25, 0.3) is 38.3 Å². The minimum atomic E-state index is -0.433. The van der Waals surface area contributed by atoms with Crippen LogP contribution in [0.1, 0.15) is 17.0 Å². The van der Waals surface area contributed by atoms with Gasteiger partial charge in [-0.1, -0.05) is 30.3 Å². The molecule has 8 rings (SSSR count). The molecule has 0 saturated carbocycles. The van der Waals surface area contributed by atoms with Gasteiger partial charge in [0.05, 0.1) is 29.5 Å². The monoisotopic (exact) mass is 589 g/mol. The SMILES string of the molecule is O=C(Cc1ccccc1)Nc1cncc(-c2cc3c(cc2F)NC2NC2=C3c2nc3nccc(-c4ccc(F)s4)c3[nH]2)c1. The predicted octanol–water partition coefficient (Wildman–Crippen LogP) is 6.32. The number of rotatable bonds is 6. The van der Waals surface area contributed by atoms with Crippen LogP contribution in [0.3, 0.4) is 0 Å². The molecule has 0 radical (unpaired) electrons. The summed E-state index contributed by atoms with van der Waals surface area (Å²) >= 11 is 1.05. The molecule has 2 aliphatic rings. The van der Waals surface area contributed by atoms with Crippen molar-refractivity contribution in [3.63, 3.8) is 0 Å². The maximum atomic E-state index is 15.6. The van der Waals surface area contributed by atoms with Crippen molar-refractivity contribution in [2.45, 2.75) is 12.6 Å². The van der Waals surface area contributed by atoms with Gasteiger partial charge in [0, 0.05) is 50.8 Å². The van der Waals surface area contributed by atoms with E-state index < -0.39 is 5.82 Å². The van der Waals surface area contributed by atoms with Gasteiger partial charge in [0.1, 0.15) is 17.8 Å². The number of nitrogens with one attached hydrogen (secondary N) is 4. The van der Waals surface area contributed by atoms with Gasteiger partial charge in [-0.25, -0.2) is 14.4 Å². The molecular formula is C32H21F2N7OS. The van der Waals surface area contributed by atoms with Crippen molar-refractivity contribution in [1.29, 1.82) is 0 Å². The molecule has 1 atom stereocenters. The average Bonchev–Trinajstić information content (AvgIpc) is 3.42. The number of halogens is 2. The highest BCUT2D eigenvalue weighted by Gasteiger charge is 2.40. The van der Waals surface area contributed by atoms with Gasteiger partial charge in [0.15, 0.2) is 10.8 Å². The van der Waals surface area contributed by atoms with E-state index >= 15 is 4.39 Å². The third-order valence-corrected chi connectivity index (χ3v) is 8.37. The molecule has 210 valence electrons. The lowest BCUT2D eigenvalue weighted by Gasteiger charge is -2.18. The molecule has 8 nitrogen and oxygen atoms in total. The van der Waals surface area contributed by atoms with Crippen molar-refractivity contribution in [2.24, 2.45) is 0 Å². The van der Waals surface area contributed by atoms with Crippen LogP contribution >= 0.6 is 11.3 Å². The summed E-state index contributed by atoms with van der Waals surface area (Å²) in [7, 11) is 0. The van der Waals surface area contributed by atoms with Crippen molar-refractivity contribution in [3.05, 3.63) is 119 Å². The van der Waals surface area contributed by atoms with Gasteiger partial charge in [-0.3, -0.25) is 9.78 Å². The van der Waals surface area contributed by atoms with E-state index in [0.29, 0.717) is 39.5 Å². The number of thiophene rings is 1. The molecule has 4 aromatic heterocycles. The van der Waals surface area contributed by atoms with Crippen molar-refractivity contribution < 1.29 is 13.6 Å². The van der Waals surface area contributed by atoms with E-state index in [9.17, 15) is 9.18 Å². The first-order chi connectivity index (χ1) is 21.0. The van der Waals surface area contributed by atoms with E-state index in [1.807, 2.05) is 36.4 Å². The largest absolute Gasteiger partial charge is 0.360 e. The molecule has 2 aromatic carbocycles. The van der Waals surface area contributed by atoms with E-state index in [1.54, 1.807) is 30.6 Å². The van der Waals surface area contributed by atoms with E-state index in [4.69, 9.17) is 4.98 Å². The Morgan fingerprint density at radius 1 is 0.953 bits per heavy atom. The number of anilines is 2. The maximum absolute atomic E-state index is 15.6. The van der Waals surface area contributed by atoms with Crippen molar-refractivity contribution >= 4 is 45.4 Å². The second-order valence-corrected chi connectivity index (χ2v) is 11.3. The highest BCUT2D eigenvalue weighted by molar-refractivity contribution is 7.14. The smallest absolute Gasteiger partial charge is 0.228 e. The Kier molecular flexibility index (Phi) is 5.79. The lowest BCUT2D eigenvalue weighted by Crippen LogP contribution is -2.14. The zero-order valence-corrected chi connectivity index (χ0v) is 23.1. The Morgan fingerprint density at radius 2 is 1.84 bits per heavy atom. The van der Waals surface area contributed by atoms with Crippen LogP contribution in [-0.2, 0) is 11.2 Å². The molecule has 1 fully saturated rings. The molecule has 43 heavy (non-hydrogen) atoms. The lowest BCUT2D eigenvalue weighted by molar-refractivity contribution is -0.115. The number of amides is 1. The number of imidazole rings is 1. The fourth-order valence-electron chi connectivity index (χ4n) is 5.45. The van der Waals surface area contributed by atoms with Gasteiger partial charge in [-0.05, 0) is 42.0 Å². The van der Waals surface area contributed by atoms with Crippen LogP contribution in [0.15, 0.2) is 91.0 Å². The summed E-state index contributed by atoms with van der Waals surface area (Å²) in [5, 5.41) is 9.21. The van der Waals surface area contributed by atoms with Gasteiger partial charge in [0.2, 0.25) is 5.91 Å². The highest BCUT2D eigenvalue weighted by Crippen LogP contribution is 2.44. The molecule has 1 saturated heterocycles. The molecular weight excluding hydrogens is 568 g/mol. The molecule has 4 N–H and O–H groups in total. The van der Waals surface area contributed by atoms with E-state index in [2.05, 4.69) is 30.9 Å². The Labute approximate surface area is 247 Å². The summed E-state index contributed by atoms with van der Waals surface area (Å²) in [4.78, 5) is 30.3. The van der Waals surface area contributed by atoms with Crippen LogP contribution in [-0.4, -0.2) is 32.0 Å². The molecule has 0 spiro atoms. The van der Waals surface area contributed by atoms with Crippen LogP contribution < -0.4 is 16.0 Å². The van der Waals surface area contributed by atoms with Gasteiger partial charge < -0.3 is 20.9 Å². The lowest BCUT2D eigenvalue weighted by atomic mass is 9.94. The van der Waals surface area contributed by atoms with Crippen molar-refractivity contribution in [1.82, 2.24) is 25.3 Å². The fraction of sp³-hybridized carbons (Fsp3) is 0.0625. The number of carbonyl (C=O) groups is 1. The Balaban J connectivity index is 1.16. The molecule has 6 aromatic rings. The third kappa shape index (κ3) is 4.59. The standard InChI is InChI=1S/C32H21F2N7OS/c33-22-13-23-21(12-20(22)17-11-18(15-35-14-17)37-26(42)10-16-4-2-1-3-5-16)27(29-32(38-23)40-29)30-39-28-19(8-9-36-31(28)41-30)24-6-7-25(34)43-24/h1-9,11-15,32,38,40H,10H2,(H,37,42)(H,36,39,41). The van der Waals surface area contributed by atoms with E-state index in [0.717, 1.165) is 44.2 Å². The molecule has 6 heterocycles. The van der Waals surface area contributed by atoms with Gasteiger partial charge >= 0.3 is 0 Å². The first-order valence-corrected chi connectivity index (χ1v) is 14.3. The number of benzene rings is 2. The van der Waals surface area contributed by atoms with E-state index in [1.165, 1.54) is 18.3 Å². The number of aromatic nitrogens is 4. The molecule has 1 amide bonds. The van der Waals surface area contributed by atoms with Crippen LogP contribution in [0.4, 0.5) is 20.2 Å². The zero-order chi connectivity index (χ0) is 29.1. The number of aromatic amines is 1. The second kappa shape index (κ2) is 9.85. The summed E-state index contributed by atoms with van der Waals surface area (Å²) in [6.07, 6.45) is 4.83. The van der Waals surface area contributed by atoms with E-state index in [-0.39, 0.29) is 23.6 Å². The first kappa shape index (κ1) is 25.3. The molecule has 1 unspecified atom stereocenters. The van der Waals surface area contributed by atoms with Gasteiger partial charge in [-0.2, -0.15) is 4.39 Å². The molecule has 2 aliphatic heterocycles. The van der Waals surface area contributed by atoms with Gasteiger partial charge in [-0.15, -0.1) is 11.3 Å². The molecule has 0 aliphatic carbocycles. The van der Waals surface area contributed by atoms with Crippen LogP contribution in [0.2, 0.25) is 0 Å². The first-order valence-electron chi connectivity index (χ1n) is 13.5. The number of hydrogen-bond donors (Lipinski definition) is 4. The Hall–Kier alpha value is -5.42. The fourth-order valence-corrected chi connectivity index (χ4v) is 6.21. The third-order valence-electron chi connectivity index (χ3n) is 7.46. The highest BCUT2D eigenvalue weighted by atomic mass is 32.1. The summed E-state index contributed by atoms with van der Waals surface area (Å²) < 4.78 is 29.4. The normalized spacial score (nSPS) is 15.0. The number of fused-ring (bicyclic) bond motifs is 3. The molecule has 0 bridgehead atoms. The number of carbonyl (C=O) groups excluding carboxylic acids is 1. The summed E-state index contributed by atoms with van der Waals surface area (Å²) in [6, 6.07) is 19.4. The van der Waals surface area contributed by atoms with Crippen LogP contribution in [0, 0.1) is 10.9 Å².